The van der Waals surface area contributed by atoms with Gasteiger partial charge in [-0.05, 0) is 20.3 Å². The quantitative estimate of drug-likeness (QED) is 0.623. The Labute approximate surface area is 70.6 Å². The van der Waals surface area contributed by atoms with E-state index in [-0.39, 0.29) is 5.78 Å². The summed E-state index contributed by atoms with van der Waals surface area (Å²) in [7, 11) is 0. The van der Waals surface area contributed by atoms with Crippen molar-refractivity contribution in [3.8, 4) is 0 Å². The van der Waals surface area contributed by atoms with Crippen molar-refractivity contribution < 1.29 is 4.79 Å². The summed E-state index contributed by atoms with van der Waals surface area (Å²) in [5.41, 5.74) is 1.60. The summed E-state index contributed by atoms with van der Waals surface area (Å²) in [4.78, 5) is 11.2. The Kier molecular flexibility index (Phi) is 1.49. The first-order valence-electron chi connectivity index (χ1n) is 4.17. The highest BCUT2D eigenvalue weighted by molar-refractivity contribution is 5.97. The maximum absolute atomic E-state index is 11.2. The number of rotatable bonds is 1. The number of ketones is 1. The SMILES string of the molecule is CC(C)n1nnc2c1CCC2=O. The second kappa shape index (κ2) is 2.40. The van der Waals surface area contributed by atoms with E-state index in [1.807, 2.05) is 18.5 Å². The number of nitrogens with zero attached hydrogens (tertiary/aromatic N) is 3. The van der Waals surface area contributed by atoms with Gasteiger partial charge in [-0.3, -0.25) is 4.79 Å². The molecule has 0 N–H and O–H groups in total. The van der Waals surface area contributed by atoms with Crippen LogP contribution in [0.15, 0.2) is 0 Å². The molecule has 1 aliphatic carbocycles. The van der Waals surface area contributed by atoms with E-state index in [4.69, 9.17) is 0 Å². The molecule has 1 aromatic heterocycles. The number of carbonyl (C=O) groups is 1. The highest BCUT2D eigenvalue weighted by Crippen LogP contribution is 2.21. The summed E-state index contributed by atoms with van der Waals surface area (Å²) in [6.07, 6.45) is 1.41. The molecule has 0 unspecified atom stereocenters. The van der Waals surface area contributed by atoms with Crippen LogP contribution in [0.2, 0.25) is 0 Å². The maximum Gasteiger partial charge on any atom is 0.185 e. The van der Waals surface area contributed by atoms with Crippen molar-refractivity contribution in [2.24, 2.45) is 0 Å². The van der Waals surface area contributed by atoms with Crippen molar-refractivity contribution in [1.29, 1.82) is 0 Å². The maximum atomic E-state index is 11.2. The van der Waals surface area contributed by atoms with Gasteiger partial charge in [-0.2, -0.15) is 0 Å². The molecule has 0 saturated carbocycles. The zero-order valence-electron chi connectivity index (χ0n) is 7.24. The molecule has 12 heavy (non-hydrogen) atoms. The molecule has 0 amide bonds. The predicted octanol–water partition coefficient (Wildman–Crippen LogP) is 0.988. The monoisotopic (exact) mass is 165 g/mol. The zero-order chi connectivity index (χ0) is 8.72. The first-order chi connectivity index (χ1) is 5.70. The highest BCUT2D eigenvalue weighted by atomic mass is 16.1. The molecule has 0 radical (unpaired) electrons. The second-order valence-corrected chi connectivity index (χ2v) is 3.35. The Hall–Kier alpha value is -1.19. The van der Waals surface area contributed by atoms with Gasteiger partial charge < -0.3 is 0 Å². The molecule has 0 fully saturated rings. The van der Waals surface area contributed by atoms with Crippen molar-refractivity contribution in [3.63, 3.8) is 0 Å². The van der Waals surface area contributed by atoms with Crippen LogP contribution in [0.3, 0.4) is 0 Å². The molecule has 0 saturated heterocycles. The minimum Gasteiger partial charge on any atom is -0.292 e. The van der Waals surface area contributed by atoms with E-state index in [1.54, 1.807) is 0 Å². The summed E-state index contributed by atoms with van der Waals surface area (Å²) in [5.74, 6) is 0.136. The standard InChI is InChI=1S/C8H11N3O/c1-5(2)11-6-3-4-7(12)8(6)9-10-11/h5H,3-4H2,1-2H3. The lowest BCUT2D eigenvalue weighted by Crippen LogP contribution is -2.06. The Morgan fingerprint density at radius 1 is 1.42 bits per heavy atom. The lowest BCUT2D eigenvalue weighted by atomic mass is 10.3. The van der Waals surface area contributed by atoms with E-state index in [2.05, 4.69) is 10.3 Å². The molecule has 4 nitrogen and oxygen atoms in total. The molecular weight excluding hydrogens is 154 g/mol. The predicted molar refractivity (Wildman–Crippen MR) is 43.1 cm³/mol. The van der Waals surface area contributed by atoms with E-state index < -0.39 is 0 Å². The Balaban J connectivity index is 2.49. The fourth-order valence-corrected chi connectivity index (χ4v) is 1.53. The number of carbonyl (C=O) groups excluding carboxylic acids is 1. The van der Waals surface area contributed by atoms with Gasteiger partial charge in [0.25, 0.3) is 0 Å². The van der Waals surface area contributed by atoms with Crippen LogP contribution in [0, 0.1) is 0 Å². The van der Waals surface area contributed by atoms with Crippen molar-refractivity contribution in [2.45, 2.75) is 32.7 Å². The summed E-state index contributed by atoms with van der Waals surface area (Å²) >= 11 is 0. The number of Topliss-reactive ketones (excluding diaryl/α,β-unsaturated/α-hetero) is 1. The smallest absolute Gasteiger partial charge is 0.185 e. The second-order valence-electron chi connectivity index (χ2n) is 3.35. The molecule has 4 heteroatoms. The third kappa shape index (κ3) is 0.873. The van der Waals surface area contributed by atoms with E-state index in [0.29, 0.717) is 18.2 Å². The zero-order valence-corrected chi connectivity index (χ0v) is 7.24. The van der Waals surface area contributed by atoms with E-state index in [1.165, 1.54) is 0 Å². The topological polar surface area (TPSA) is 47.8 Å². The molecule has 0 aliphatic heterocycles. The van der Waals surface area contributed by atoms with Crippen LogP contribution in [-0.2, 0) is 6.42 Å². The van der Waals surface area contributed by atoms with Crippen molar-refractivity contribution in [1.82, 2.24) is 15.0 Å². The lowest BCUT2D eigenvalue weighted by Gasteiger charge is -2.05. The normalized spacial score (nSPS) is 15.8. The van der Waals surface area contributed by atoms with Gasteiger partial charge in [0.2, 0.25) is 0 Å². The molecule has 0 aromatic carbocycles. The van der Waals surface area contributed by atoms with Gasteiger partial charge in [-0.25, -0.2) is 4.68 Å². The van der Waals surface area contributed by atoms with Crippen LogP contribution in [-0.4, -0.2) is 20.8 Å². The fraction of sp³-hybridized carbons (Fsp3) is 0.625. The van der Waals surface area contributed by atoms with Gasteiger partial charge in [0.05, 0.1) is 5.69 Å². The van der Waals surface area contributed by atoms with E-state index >= 15 is 0 Å². The van der Waals surface area contributed by atoms with Crippen molar-refractivity contribution in [3.05, 3.63) is 11.4 Å². The average Bonchev–Trinajstić information content (AvgIpc) is 2.53. The minimum atomic E-state index is 0.136. The van der Waals surface area contributed by atoms with Crippen molar-refractivity contribution in [2.75, 3.05) is 0 Å². The number of fused-ring (bicyclic) bond motifs is 1. The van der Waals surface area contributed by atoms with E-state index in [0.717, 1.165) is 12.1 Å². The Morgan fingerprint density at radius 2 is 2.17 bits per heavy atom. The van der Waals surface area contributed by atoms with Gasteiger partial charge in [0.15, 0.2) is 11.5 Å². The lowest BCUT2D eigenvalue weighted by molar-refractivity contribution is 0.0989. The first-order valence-corrected chi connectivity index (χ1v) is 4.17. The van der Waals surface area contributed by atoms with Gasteiger partial charge in [-0.15, -0.1) is 5.10 Å². The molecule has 0 spiro atoms. The summed E-state index contributed by atoms with van der Waals surface area (Å²) < 4.78 is 1.83. The molecular formula is C8H11N3O. The van der Waals surface area contributed by atoms with Gasteiger partial charge in [0, 0.05) is 12.5 Å². The third-order valence-electron chi connectivity index (χ3n) is 2.13. The largest absolute Gasteiger partial charge is 0.292 e. The van der Waals surface area contributed by atoms with Gasteiger partial charge in [-0.1, -0.05) is 5.21 Å². The van der Waals surface area contributed by atoms with Crippen LogP contribution in [0.4, 0.5) is 0 Å². The summed E-state index contributed by atoms with van der Waals surface area (Å²) in [6.45, 7) is 4.08. The molecule has 1 aromatic rings. The molecule has 1 aliphatic rings. The van der Waals surface area contributed by atoms with Crippen LogP contribution in [0.1, 0.15) is 42.5 Å². The third-order valence-corrected chi connectivity index (χ3v) is 2.13. The average molecular weight is 165 g/mol. The minimum absolute atomic E-state index is 0.136. The Morgan fingerprint density at radius 3 is 2.83 bits per heavy atom. The van der Waals surface area contributed by atoms with Crippen LogP contribution < -0.4 is 0 Å². The van der Waals surface area contributed by atoms with Gasteiger partial charge >= 0.3 is 0 Å². The molecule has 64 valence electrons. The van der Waals surface area contributed by atoms with Crippen molar-refractivity contribution >= 4 is 5.78 Å². The van der Waals surface area contributed by atoms with Crippen LogP contribution in [0.25, 0.3) is 0 Å². The fourth-order valence-electron chi connectivity index (χ4n) is 1.53. The molecule has 1 heterocycles. The van der Waals surface area contributed by atoms with Crippen LogP contribution >= 0.6 is 0 Å². The summed E-state index contributed by atoms with van der Waals surface area (Å²) in [6, 6.07) is 0.298. The molecule has 0 bridgehead atoms. The van der Waals surface area contributed by atoms with Crippen LogP contribution in [0.5, 0.6) is 0 Å². The first kappa shape index (κ1) is 7.46. The highest BCUT2D eigenvalue weighted by Gasteiger charge is 2.26. The van der Waals surface area contributed by atoms with E-state index in [9.17, 15) is 4.79 Å². The molecule has 0 atom stereocenters. The van der Waals surface area contributed by atoms with Gasteiger partial charge in [0.1, 0.15) is 0 Å². The number of hydrogen-bond acceptors (Lipinski definition) is 3. The molecule has 2 rings (SSSR count). The summed E-state index contributed by atoms with van der Waals surface area (Å²) in [5, 5.41) is 7.80. The number of hydrogen-bond donors (Lipinski definition) is 0. The Bertz CT molecular complexity index is 327. The number of aromatic nitrogens is 3.